The third-order valence-corrected chi connectivity index (χ3v) is 14.9. The highest BCUT2D eigenvalue weighted by Crippen LogP contribution is 2.44. The Morgan fingerprint density at radius 2 is 1.08 bits per heavy atom. The van der Waals surface area contributed by atoms with E-state index in [0.29, 0.717) is 11.1 Å². The average molecular weight is 1310 g/mol. The number of phenolic OH excluding ortho intramolecular Hbond substituents is 4. The number of aliphatic carboxylic acids is 1. The van der Waals surface area contributed by atoms with Crippen molar-refractivity contribution in [2.45, 2.75) is 123 Å². The van der Waals surface area contributed by atoms with Gasteiger partial charge in [0.15, 0.2) is 35.4 Å². The fourth-order valence-corrected chi connectivity index (χ4v) is 9.80. The summed E-state index contributed by atoms with van der Waals surface area (Å²) < 4.78 is 73.6. The number of methoxy groups -OCH3 is 1. The van der Waals surface area contributed by atoms with E-state index in [0.717, 1.165) is 42.5 Å². The van der Waals surface area contributed by atoms with E-state index in [1.165, 1.54) is 67.8 Å². The summed E-state index contributed by atoms with van der Waals surface area (Å²) in [4.78, 5) is 48.9. The number of esters is 3. The first-order valence-electron chi connectivity index (χ1n) is 28.2. The SMILES string of the molecule is COc1cc(C=CC(=O)OC[C@H]2O[C@@H](Oc3ccc(/C=C/C(=O)OC[C@H]4O[C@@H](Oc5cc6c(O[C@@H]7O[C@H](COC(=O)CC(=O)O)[C@@H](O)[C@H](O)[C@H]7O)cc(O)cc6[o+]c5-c5ccc(O)c(O)c5)[C@H](O[C@@H]5OC[C@@H](O)[C@H](O)[C@H]5O)[C@@H](O)[C@@H]4O)cc3)[C@H](O)[C@@H](O)[C@@H]2O)ccc1O. The number of aliphatic hydroxyl groups excluding tert-OH is 11. The molecule has 5 heterocycles. The maximum atomic E-state index is 13.3. The van der Waals surface area contributed by atoms with Gasteiger partial charge in [0.2, 0.25) is 24.6 Å². The Balaban J connectivity index is 0.913. The number of carboxylic acid groups (broad SMARTS) is 1. The van der Waals surface area contributed by atoms with Crippen LogP contribution in [0.2, 0.25) is 0 Å². The molecule has 0 saturated carbocycles. The molecule has 16 N–H and O–H groups in total. The standard InChI is InChI=1S/C60H64O33/c1-81-36-14-25(4-10-31(36)63)6-13-43(69)82-21-38-46(72)49(75)53(79)58(90-38)86-28-8-2-24(3-9-28)5-12-42(68)83-22-40-48(74)51(77)56(93-57-52(78)45(71)33(65)20-85-57)60(92-40)89-37-18-29-34(87-55(37)26-7-11-30(62)32(64)15-26)16-27(61)17-35(29)88-59-54(80)50(76)47(73)39(91-59)23-84-44(70)19-41(66)67/h2-18,33,38-40,45-54,56-60,65,71-80H,19-23H2,1H3,(H4-,61,62,63,64,66,67,69)/p+1/b12-5+/t33-,38-,39-,40-,45+,46-,47-,48-,49+,50+,51+,52-,53-,54-,56-,57+,58-,59-,60-/m1/s1. The molecule has 1 aromatic heterocycles. The molecule has 5 aromatic rings. The summed E-state index contributed by atoms with van der Waals surface area (Å²) in [6.07, 6.45) is -31.5. The minimum Gasteiger partial charge on any atom is -0.507 e. The van der Waals surface area contributed by atoms with Gasteiger partial charge in [0, 0.05) is 30.4 Å². The van der Waals surface area contributed by atoms with Gasteiger partial charge in [-0.05, 0) is 59.7 Å². The Hall–Kier alpha value is -8.59. The molecule has 0 unspecified atom stereocenters. The fraction of sp³-hybridized carbons (Fsp3) is 0.417. The van der Waals surface area contributed by atoms with Crippen LogP contribution in [0.3, 0.4) is 0 Å². The lowest BCUT2D eigenvalue weighted by molar-refractivity contribution is -0.345. The number of fused-ring (bicyclic) bond motifs is 1. The minimum atomic E-state index is -2.13. The maximum absolute atomic E-state index is 13.3. The molecule has 4 aromatic carbocycles. The molecular weight excluding hydrogens is 1250 g/mol. The highest BCUT2D eigenvalue weighted by molar-refractivity contribution is 5.91. The van der Waals surface area contributed by atoms with E-state index < -0.39 is 202 Å². The van der Waals surface area contributed by atoms with Crippen LogP contribution in [-0.2, 0) is 57.1 Å². The number of carbonyl (C=O) groups excluding carboxylic acids is 3. The maximum Gasteiger partial charge on any atom is 0.402 e. The van der Waals surface area contributed by atoms with Crippen molar-refractivity contribution in [1.29, 1.82) is 0 Å². The average Bonchev–Trinajstić information content (AvgIpc) is 0.781. The van der Waals surface area contributed by atoms with Crippen molar-refractivity contribution in [3.63, 3.8) is 0 Å². The summed E-state index contributed by atoms with van der Waals surface area (Å²) in [7, 11) is 1.35. The number of rotatable bonds is 22. The van der Waals surface area contributed by atoms with Crippen molar-refractivity contribution in [1.82, 2.24) is 0 Å². The summed E-state index contributed by atoms with van der Waals surface area (Å²) in [5, 5.41) is 170. The van der Waals surface area contributed by atoms with E-state index in [2.05, 4.69) is 0 Å². The normalized spacial score (nSPS) is 30.6. The van der Waals surface area contributed by atoms with Gasteiger partial charge in [-0.1, -0.05) is 18.2 Å². The Labute approximate surface area is 523 Å². The van der Waals surface area contributed by atoms with E-state index in [1.54, 1.807) is 0 Å². The number of carbonyl (C=O) groups is 4. The first-order valence-corrected chi connectivity index (χ1v) is 28.2. The molecule has 0 radical (unpaired) electrons. The van der Waals surface area contributed by atoms with Crippen LogP contribution in [0.25, 0.3) is 34.4 Å². The zero-order chi connectivity index (χ0) is 67.1. The summed E-state index contributed by atoms with van der Waals surface area (Å²) in [5.74, 6) is -7.70. The number of aliphatic hydroxyl groups is 11. The predicted molar refractivity (Wildman–Crippen MR) is 304 cm³/mol. The molecule has 0 amide bonds. The molecule has 33 heteroatoms. The van der Waals surface area contributed by atoms with Crippen LogP contribution in [0, 0.1) is 0 Å². The molecule has 4 saturated heterocycles. The molecule has 4 aliphatic heterocycles. The highest BCUT2D eigenvalue weighted by atomic mass is 16.8. The molecule has 0 aliphatic carbocycles. The van der Waals surface area contributed by atoms with Crippen molar-refractivity contribution in [2.24, 2.45) is 0 Å². The third-order valence-electron chi connectivity index (χ3n) is 14.9. The Bertz CT molecular complexity index is 3510. The van der Waals surface area contributed by atoms with E-state index in [4.69, 9.17) is 66.4 Å². The van der Waals surface area contributed by atoms with Gasteiger partial charge in [0.25, 0.3) is 0 Å². The zero-order valence-electron chi connectivity index (χ0n) is 48.4. The lowest BCUT2D eigenvalue weighted by Gasteiger charge is -2.44. The highest BCUT2D eigenvalue weighted by Gasteiger charge is 2.52. The van der Waals surface area contributed by atoms with Crippen LogP contribution in [0.5, 0.6) is 46.0 Å². The number of phenols is 4. The van der Waals surface area contributed by atoms with Crippen LogP contribution < -0.4 is 18.9 Å². The number of hydrogen-bond acceptors (Lipinski definition) is 31. The van der Waals surface area contributed by atoms with Crippen LogP contribution >= 0.6 is 0 Å². The Morgan fingerprint density at radius 1 is 0.527 bits per heavy atom. The second kappa shape index (κ2) is 30.0. The first kappa shape index (κ1) is 68.8. The lowest BCUT2D eigenvalue weighted by atomic mass is 9.98. The van der Waals surface area contributed by atoms with Gasteiger partial charge in [0.05, 0.1) is 25.3 Å². The summed E-state index contributed by atoms with van der Waals surface area (Å²) >= 11 is 0. The number of ether oxygens (including phenoxy) is 12. The van der Waals surface area contributed by atoms with E-state index in [1.807, 2.05) is 0 Å². The van der Waals surface area contributed by atoms with Crippen molar-refractivity contribution in [3.05, 3.63) is 102 Å². The first-order chi connectivity index (χ1) is 44.3. The zero-order valence-corrected chi connectivity index (χ0v) is 48.4. The largest absolute Gasteiger partial charge is 0.507 e. The number of carboxylic acids is 1. The van der Waals surface area contributed by atoms with Gasteiger partial charge in [0.1, 0.15) is 134 Å². The second-order valence-electron chi connectivity index (χ2n) is 21.4. The van der Waals surface area contributed by atoms with Gasteiger partial charge in [-0.3, -0.25) is 9.59 Å². The third kappa shape index (κ3) is 16.4. The van der Waals surface area contributed by atoms with Gasteiger partial charge in [-0.2, -0.15) is 0 Å². The minimum absolute atomic E-state index is 0.0634. The molecule has 502 valence electrons. The van der Waals surface area contributed by atoms with Crippen molar-refractivity contribution in [3.8, 4) is 57.3 Å². The van der Waals surface area contributed by atoms with E-state index in [9.17, 15) is 95.8 Å². The molecular formula is C60H65O33+. The molecule has 4 fully saturated rings. The van der Waals surface area contributed by atoms with Crippen LogP contribution in [-0.4, -0.2) is 256 Å². The van der Waals surface area contributed by atoms with Crippen LogP contribution in [0.4, 0.5) is 0 Å². The Morgan fingerprint density at radius 3 is 1.69 bits per heavy atom. The summed E-state index contributed by atoms with van der Waals surface area (Å²) in [5.41, 5.74) is 0.495. The quantitative estimate of drug-likeness (QED) is 0.00870. The summed E-state index contributed by atoms with van der Waals surface area (Å²) in [6, 6.07) is 16.5. The van der Waals surface area contributed by atoms with Crippen molar-refractivity contribution < 1.29 is 162 Å². The molecule has 0 bridgehead atoms. The molecule has 4 aliphatic rings. The van der Waals surface area contributed by atoms with Crippen molar-refractivity contribution >= 4 is 47.0 Å². The van der Waals surface area contributed by atoms with Gasteiger partial charge >= 0.3 is 35.2 Å². The monoisotopic (exact) mass is 1310 g/mol. The van der Waals surface area contributed by atoms with Crippen LogP contribution in [0.15, 0.2) is 95.4 Å². The molecule has 33 nitrogen and oxygen atoms in total. The topological polar surface area (TPSA) is 514 Å². The van der Waals surface area contributed by atoms with Crippen molar-refractivity contribution in [2.75, 3.05) is 33.5 Å². The number of aromatic hydroxyl groups is 4. The number of hydrogen-bond donors (Lipinski definition) is 16. The smallest absolute Gasteiger partial charge is 0.402 e. The molecule has 93 heavy (non-hydrogen) atoms. The van der Waals surface area contributed by atoms with Gasteiger partial charge in [-0.25, -0.2) is 14.0 Å². The number of benzene rings is 4. The summed E-state index contributed by atoms with van der Waals surface area (Å²) in [6.45, 7) is -2.87. The molecule has 9 rings (SSSR count). The van der Waals surface area contributed by atoms with Gasteiger partial charge in [-0.15, -0.1) is 0 Å². The predicted octanol–water partition coefficient (Wildman–Crippen LogP) is -2.23. The second-order valence-corrected chi connectivity index (χ2v) is 21.4. The van der Waals surface area contributed by atoms with Crippen LogP contribution in [0.1, 0.15) is 17.5 Å². The van der Waals surface area contributed by atoms with E-state index in [-0.39, 0.29) is 39.5 Å². The Kier molecular flexibility index (Phi) is 22.2. The molecule has 19 atom stereocenters. The lowest BCUT2D eigenvalue weighted by Crippen LogP contribution is -2.64. The fourth-order valence-electron chi connectivity index (χ4n) is 9.80. The van der Waals surface area contributed by atoms with Gasteiger partial charge < -0.3 is 139 Å². The molecule has 0 spiro atoms. The van der Waals surface area contributed by atoms with E-state index >= 15 is 0 Å².